The van der Waals surface area contributed by atoms with Crippen molar-refractivity contribution in [3.63, 3.8) is 0 Å². The molecule has 2 heterocycles. The van der Waals surface area contributed by atoms with Gasteiger partial charge in [-0.15, -0.1) is 0 Å². The molecule has 1 aliphatic heterocycles. The van der Waals surface area contributed by atoms with E-state index in [9.17, 15) is 0 Å². The van der Waals surface area contributed by atoms with Gasteiger partial charge in [-0.3, -0.25) is 9.58 Å². The van der Waals surface area contributed by atoms with E-state index in [1.807, 2.05) is 13.2 Å². The maximum atomic E-state index is 6.15. The molecule has 1 aliphatic rings. The van der Waals surface area contributed by atoms with E-state index in [4.69, 9.17) is 11.6 Å². The zero-order valence-electron chi connectivity index (χ0n) is 10.4. The van der Waals surface area contributed by atoms with Crippen molar-refractivity contribution in [2.45, 2.75) is 19.5 Å². The molecule has 0 spiro atoms. The van der Waals surface area contributed by atoms with Gasteiger partial charge in [0.25, 0.3) is 0 Å². The van der Waals surface area contributed by atoms with Gasteiger partial charge in [0.1, 0.15) is 0 Å². The molecule has 4 heteroatoms. The minimum absolute atomic E-state index is 0.761. The van der Waals surface area contributed by atoms with Crippen LogP contribution in [0.4, 0.5) is 0 Å². The average molecular weight is 262 g/mol. The van der Waals surface area contributed by atoms with Gasteiger partial charge in [-0.2, -0.15) is 5.10 Å². The highest BCUT2D eigenvalue weighted by atomic mass is 35.5. The fourth-order valence-corrected chi connectivity index (χ4v) is 2.75. The van der Waals surface area contributed by atoms with E-state index in [0.29, 0.717) is 0 Å². The van der Waals surface area contributed by atoms with Crippen molar-refractivity contribution in [3.05, 3.63) is 52.3 Å². The largest absolute Gasteiger partial charge is 0.293 e. The molecule has 0 N–H and O–H groups in total. The predicted octanol–water partition coefficient (Wildman–Crippen LogP) is 2.63. The summed E-state index contributed by atoms with van der Waals surface area (Å²) in [5.74, 6) is 0. The van der Waals surface area contributed by atoms with Crippen LogP contribution >= 0.6 is 11.6 Å². The van der Waals surface area contributed by atoms with Crippen molar-refractivity contribution in [1.29, 1.82) is 0 Å². The van der Waals surface area contributed by atoms with Gasteiger partial charge in [-0.1, -0.05) is 35.9 Å². The first kappa shape index (κ1) is 11.8. The summed E-state index contributed by atoms with van der Waals surface area (Å²) in [6, 6.07) is 8.65. The van der Waals surface area contributed by atoms with E-state index in [1.54, 1.807) is 4.68 Å². The summed E-state index contributed by atoms with van der Waals surface area (Å²) in [4.78, 5) is 2.40. The molecule has 0 bridgehead atoms. The quantitative estimate of drug-likeness (QED) is 0.829. The van der Waals surface area contributed by atoms with Gasteiger partial charge in [0.15, 0.2) is 0 Å². The second-order valence-electron chi connectivity index (χ2n) is 4.83. The SMILES string of the molecule is Cn1cc(Cl)c(CN2CCc3ccccc3C2)n1. The van der Waals surface area contributed by atoms with Crippen LogP contribution in [0.1, 0.15) is 16.8 Å². The predicted molar refractivity (Wildman–Crippen MR) is 72.5 cm³/mol. The Balaban J connectivity index is 1.75. The summed E-state index contributed by atoms with van der Waals surface area (Å²) < 4.78 is 1.77. The van der Waals surface area contributed by atoms with Crippen LogP contribution in [0.3, 0.4) is 0 Å². The first-order valence-corrected chi connectivity index (χ1v) is 6.57. The van der Waals surface area contributed by atoms with E-state index in [2.05, 4.69) is 34.3 Å². The molecule has 1 aromatic carbocycles. The van der Waals surface area contributed by atoms with E-state index in [0.717, 1.165) is 36.8 Å². The van der Waals surface area contributed by atoms with Gasteiger partial charge < -0.3 is 0 Å². The molecular formula is C14H16ClN3. The smallest absolute Gasteiger partial charge is 0.0950 e. The molecule has 0 atom stereocenters. The summed E-state index contributed by atoms with van der Waals surface area (Å²) in [6.45, 7) is 2.89. The van der Waals surface area contributed by atoms with Crippen LogP contribution in [-0.4, -0.2) is 21.2 Å². The molecule has 0 saturated heterocycles. The van der Waals surface area contributed by atoms with Crippen molar-refractivity contribution in [2.75, 3.05) is 6.54 Å². The molecule has 0 saturated carbocycles. The van der Waals surface area contributed by atoms with Gasteiger partial charge in [0.05, 0.1) is 10.7 Å². The third kappa shape index (κ3) is 2.28. The molecule has 2 aromatic rings. The number of halogens is 1. The molecule has 0 aliphatic carbocycles. The molecule has 94 valence electrons. The summed E-state index contributed by atoms with van der Waals surface area (Å²) in [6.07, 6.45) is 2.97. The number of aromatic nitrogens is 2. The zero-order chi connectivity index (χ0) is 12.5. The Labute approximate surface area is 112 Å². The Hall–Kier alpha value is -1.32. The van der Waals surface area contributed by atoms with Crippen LogP contribution in [0.25, 0.3) is 0 Å². The Morgan fingerprint density at radius 1 is 1.28 bits per heavy atom. The van der Waals surface area contributed by atoms with Crippen molar-refractivity contribution >= 4 is 11.6 Å². The van der Waals surface area contributed by atoms with E-state index < -0.39 is 0 Å². The lowest BCUT2D eigenvalue weighted by Gasteiger charge is -2.28. The lowest BCUT2D eigenvalue weighted by molar-refractivity contribution is 0.242. The molecule has 0 unspecified atom stereocenters. The molecule has 0 fully saturated rings. The highest BCUT2D eigenvalue weighted by Gasteiger charge is 2.17. The first-order valence-electron chi connectivity index (χ1n) is 6.19. The summed E-state index contributed by atoms with van der Waals surface area (Å²) >= 11 is 6.15. The maximum Gasteiger partial charge on any atom is 0.0950 e. The second kappa shape index (κ2) is 4.75. The fourth-order valence-electron chi connectivity index (χ4n) is 2.51. The second-order valence-corrected chi connectivity index (χ2v) is 5.23. The Morgan fingerprint density at radius 3 is 2.78 bits per heavy atom. The lowest BCUT2D eigenvalue weighted by Crippen LogP contribution is -2.30. The number of benzene rings is 1. The Morgan fingerprint density at radius 2 is 2.06 bits per heavy atom. The van der Waals surface area contributed by atoms with Crippen molar-refractivity contribution < 1.29 is 0 Å². The summed E-state index contributed by atoms with van der Waals surface area (Å²) in [5.41, 5.74) is 3.87. The molecule has 18 heavy (non-hydrogen) atoms. The van der Waals surface area contributed by atoms with Gasteiger partial charge in [-0.25, -0.2) is 0 Å². The molecular weight excluding hydrogens is 246 g/mol. The lowest BCUT2D eigenvalue weighted by atomic mass is 10.00. The van der Waals surface area contributed by atoms with Crippen LogP contribution in [0, 0.1) is 0 Å². The number of nitrogens with zero attached hydrogens (tertiary/aromatic N) is 3. The minimum atomic E-state index is 0.761. The highest BCUT2D eigenvalue weighted by molar-refractivity contribution is 6.31. The van der Waals surface area contributed by atoms with Crippen LogP contribution in [0.5, 0.6) is 0 Å². The Kier molecular flexibility index (Phi) is 3.10. The number of aryl methyl sites for hydroxylation is 1. The van der Waals surface area contributed by atoms with Gasteiger partial charge in [0.2, 0.25) is 0 Å². The van der Waals surface area contributed by atoms with E-state index in [1.165, 1.54) is 11.1 Å². The molecule has 0 amide bonds. The van der Waals surface area contributed by atoms with Crippen LogP contribution in [0.2, 0.25) is 5.02 Å². The molecule has 0 radical (unpaired) electrons. The monoisotopic (exact) mass is 261 g/mol. The van der Waals surface area contributed by atoms with Crippen LogP contribution in [0.15, 0.2) is 30.5 Å². The third-order valence-corrected chi connectivity index (χ3v) is 3.75. The first-order chi connectivity index (χ1) is 8.72. The van der Waals surface area contributed by atoms with Crippen LogP contribution < -0.4 is 0 Å². The maximum absolute atomic E-state index is 6.15. The number of hydrogen-bond acceptors (Lipinski definition) is 2. The van der Waals surface area contributed by atoms with E-state index >= 15 is 0 Å². The number of hydrogen-bond donors (Lipinski definition) is 0. The van der Waals surface area contributed by atoms with E-state index in [-0.39, 0.29) is 0 Å². The van der Waals surface area contributed by atoms with Gasteiger partial charge in [0, 0.05) is 32.9 Å². The van der Waals surface area contributed by atoms with Gasteiger partial charge >= 0.3 is 0 Å². The number of fused-ring (bicyclic) bond motifs is 1. The summed E-state index contributed by atoms with van der Waals surface area (Å²) in [7, 11) is 1.90. The topological polar surface area (TPSA) is 21.1 Å². The standard InChI is InChI=1S/C14H16ClN3/c1-17-9-13(15)14(16-17)10-18-7-6-11-4-2-3-5-12(11)8-18/h2-5,9H,6-8,10H2,1H3. The molecule has 1 aromatic heterocycles. The summed E-state index contributed by atoms with van der Waals surface area (Å²) in [5, 5.41) is 5.16. The van der Waals surface area contributed by atoms with Crippen molar-refractivity contribution in [2.24, 2.45) is 7.05 Å². The van der Waals surface area contributed by atoms with Crippen molar-refractivity contribution in [3.8, 4) is 0 Å². The fraction of sp³-hybridized carbons (Fsp3) is 0.357. The van der Waals surface area contributed by atoms with Crippen molar-refractivity contribution in [1.82, 2.24) is 14.7 Å². The average Bonchev–Trinajstić information content (AvgIpc) is 2.68. The Bertz CT molecular complexity index is 562. The molecule has 3 rings (SSSR count). The minimum Gasteiger partial charge on any atom is -0.293 e. The molecule has 3 nitrogen and oxygen atoms in total. The normalized spacial score (nSPS) is 15.7. The highest BCUT2D eigenvalue weighted by Crippen LogP contribution is 2.22. The zero-order valence-corrected chi connectivity index (χ0v) is 11.2. The van der Waals surface area contributed by atoms with Gasteiger partial charge in [-0.05, 0) is 17.5 Å². The van der Waals surface area contributed by atoms with Crippen LogP contribution in [-0.2, 0) is 26.6 Å². The number of rotatable bonds is 2. The third-order valence-electron chi connectivity index (χ3n) is 3.44.